The van der Waals surface area contributed by atoms with Gasteiger partial charge in [-0.2, -0.15) is 0 Å². The van der Waals surface area contributed by atoms with E-state index in [9.17, 15) is 9.59 Å². The molecule has 3 rings (SSSR count). The molecule has 0 aliphatic heterocycles. The van der Waals surface area contributed by atoms with Crippen LogP contribution in [-0.4, -0.2) is 27.8 Å². The van der Waals surface area contributed by atoms with Crippen LogP contribution in [0.3, 0.4) is 0 Å². The summed E-state index contributed by atoms with van der Waals surface area (Å²) in [7, 11) is 0. The summed E-state index contributed by atoms with van der Waals surface area (Å²) in [6, 6.07) is 5.95. The molecular formula is C19H24N4O2S2. The highest BCUT2D eigenvalue weighted by molar-refractivity contribution is 8.01. The van der Waals surface area contributed by atoms with Crippen LogP contribution < -0.4 is 10.6 Å². The third kappa shape index (κ3) is 6.04. The highest BCUT2D eigenvalue weighted by Gasteiger charge is 2.22. The van der Waals surface area contributed by atoms with E-state index in [1.54, 1.807) is 0 Å². The molecule has 0 spiro atoms. The number of thioether (sulfide) groups is 1. The van der Waals surface area contributed by atoms with E-state index in [0.717, 1.165) is 42.5 Å². The van der Waals surface area contributed by atoms with Gasteiger partial charge in [-0.05, 0) is 49.9 Å². The van der Waals surface area contributed by atoms with E-state index in [0.29, 0.717) is 9.47 Å². The van der Waals surface area contributed by atoms with Gasteiger partial charge in [0.15, 0.2) is 4.34 Å². The number of nitrogens with one attached hydrogen (secondary N) is 2. The average Bonchev–Trinajstić information content (AvgIpc) is 3.07. The highest BCUT2D eigenvalue weighted by Crippen LogP contribution is 2.28. The van der Waals surface area contributed by atoms with Crippen LogP contribution in [0.15, 0.2) is 22.5 Å². The predicted octanol–water partition coefficient (Wildman–Crippen LogP) is 4.40. The lowest BCUT2D eigenvalue weighted by Gasteiger charge is -2.19. The van der Waals surface area contributed by atoms with Gasteiger partial charge in [0, 0.05) is 11.6 Å². The van der Waals surface area contributed by atoms with E-state index < -0.39 is 0 Å². The highest BCUT2D eigenvalue weighted by atomic mass is 32.2. The second-order valence-electron chi connectivity index (χ2n) is 6.91. The zero-order valence-electron chi connectivity index (χ0n) is 15.6. The number of hydrogen-bond donors (Lipinski definition) is 2. The monoisotopic (exact) mass is 404 g/mol. The molecule has 1 fully saturated rings. The Bertz CT molecular complexity index is 796. The maximum absolute atomic E-state index is 12.3. The second-order valence-corrected chi connectivity index (χ2v) is 9.11. The van der Waals surface area contributed by atoms with Gasteiger partial charge < -0.3 is 10.6 Å². The maximum Gasteiger partial charge on any atom is 0.234 e. The number of carbonyl (C=O) groups excluding carboxylic acids is 2. The molecule has 8 heteroatoms. The summed E-state index contributed by atoms with van der Waals surface area (Å²) in [6.07, 6.45) is 5.35. The van der Waals surface area contributed by atoms with Gasteiger partial charge >= 0.3 is 0 Å². The number of aryl methyl sites for hydroxylation is 2. The number of carbonyl (C=O) groups is 2. The van der Waals surface area contributed by atoms with Crippen LogP contribution in [0.1, 0.15) is 43.2 Å². The fraction of sp³-hybridized carbons (Fsp3) is 0.474. The number of anilines is 2. The Hall–Kier alpha value is -1.93. The van der Waals surface area contributed by atoms with Crippen LogP contribution in [-0.2, 0) is 9.59 Å². The zero-order valence-corrected chi connectivity index (χ0v) is 17.2. The van der Waals surface area contributed by atoms with Gasteiger partial charge in [-0.1, -0.05) is 48.4 Å². The molecule has 0 radical (unpaired) electrons. The van der Waals surface area contributed by atoms with E-state index in [1.165, 1.54) is 29.5 Å². The normalized spacial score (nSPS) is 14.7. The van der Waals surface area contributed by atoms with Crippen LogP contribution in [0, 0.1) is 19.8 Å². The first kappa shape index (κ1) is 19.8. The summed E-state index contributed by atoms with van der Waals surface area (Å²) >= 11 is 2.63. The molecule has 27 heavy (non-hydrogen) atoms. The number of aromatic nitrogens is 2. The summed E-state index contributed by atoms with van der Waals surface area (Å²) in [6.45, 7) is 4.00. The number of amides is 2. The van der Waals surface area contributed by atoms with Crippen molar-refractivity contribution in [2.75, 3.05) is 16.4 Å². The first-order chi connectivity index (χ1) is 13.0. The largest absolute Gasteiger partial charge is 0.325 e. The minimum Gasteiger partial charge on any atom is -0.325 e. The summed E-state index contributed by atoms with van der Waals surface area (Å²) in [5, 5.41) is 14.3. The van der Waals surface area contributed by atoms with E-state index in [-0.39, 0.29) is 23.5 Å². The van der Waals surface area contributed by atoms with Crippen LogP contribution in [0.2, 0.25) is 0 Å². The van der Waals surface area contributed by atoms with Gasteiger partial charge in [0.05, 0.1) is 5.75 Å². The molecule has 0 bridgehead atoms. The Balaban J connectivity index is 1.47. The third-order valence-corrected chi connectivity index (χ3v) is 6.42. The predicted molar refractivity (Wildman–Crippen MR) is 110 cm³/mol. The summed E-state index contributed by atoms with van der Waals surface area (Å²) in [4.78, 5) is 24.4. The lowest BCUT2D eigenvalue weighted by Crippen LogP contribution is -2.24. The average molecular weight is 405 g/mol. The quantitative estimate of drug-likeness (QED) is 0.550. The van der Waals surface area contributed by atoms with Crippen molar-refractivity contribution in [2.24, 2.45) is 5.92 Å². The molecule has 1 aliphatic carbocycles. The van der Waals surface area contributed by atoms with Gasteiger partial charge in [0.2, 0.25) is 16.9 Å². The third-order valence-electron chi connectivity index (χ3n) is 4.44. The van der Waals surface area contributed by atoms with Crippen molar-refractivity contribution in [2.45, 2.75) is 50.3 Å². The molecule has 6 nitrogen and oxygen atoms in total. The minimum absolute atomic E-state index is 0.0370. The summed E-state index contributed by atoms with van der Waals surface area (Å²) < 4.78 is 0.671. The molecule has 1 aliphatic rings. The topological polar surface area (TPSA) is 84.0 Å². The minimum atomic E-state index is -0.0898. The van der Waals surface area contributed by atoms with E-state index in [2.05, 4.69) is 26.9 Å². The van der Waals surface area contributed by atoms with Crippen LogP contribution in [0.4, 0.5) is 10.8 Å². The van der Waals surface area contributed by atoms with Gasteiger partial charge in [0.1, 0.15) is 0 Å². The molecule has 0 atom stereocenters. The molecule has 1 aromatic heterocycles. The smallest absolute Gasteiger partial charge is 0.234 e. The van der Waals surface area contributed by atoms with Gasteiger partial charge in [0.25, 0.3) is 0 Å². The Morgan fingerprint density at radius 2 is 1.78 bits per heavy atom. The fourth-order valence-electron chi connectivity index (χ4n) is 3.26. The Morgan fingerprint density at radius 3 is 2.48 bits per heavy atom. The van der Waals surface area contributed by atoms with Crippen molar-refractivity contribution in [1.82, 2.24) is 10.2 Å². The van der Waals surface area contributed by atoms with E-state index >= 15 is 0 Å². The number of benzene rings is 1. The number of rotatable bonds is 6. The molecule has 1 aromatic carbocycles. The fourth-order valence-corrected chi connectivity index (χ4v) is 4.82. The summed E-state index contributed by atoms with van der Waals surface area (Å²) in [5.41, 5.74) is 3.02. The van der Waals surface area contributed by atoms with E-state index in [1.807, 2.05) is 26.0 Å². The number of hydrogen-bond acceptors (Lipinski definition) is 6. The molecule has 0 saturated heterocycles. The Labute approximate surface area is 167 Å². The molecule has 144 valence electrons. The van der Waals surface area contributed by atoms with Gasteiger partial charge in [-0.3, -0.25) is 9.59 Å². The maximum atomic E-state index is 12.3. The van der Waals surface area contributed by atoms with Crippen molar-refractivity contribution in [1.29, 1.82) is 0 Å². The molecular weight excluding hydrogens is 380 g/mol. The van der Waals surface area contributed by atoms with Crippen molar-refractivity contribution in [3.8, 4) is 0 Å². The Morgan fingerprint density at radius 1 is 1.07 bits per heavy atom. The van der Waals surface area contributed by atoms with Crippen molar-refractivity contribution in [3.05, 3.63) is 29.3 Å². The van der Waals surface area contributed by atoms with Crippen molar-refractivity contribution >= 4 is 45.7 Å². The molecule has 1 heterocycles. The molecule has 1 saturated carbocycles. The second kappa shape index (κ2) is 9.32. The summed E-state index contributed by atoms with van der Waals surface area (Å²) in [5.74, 6) is 0.281. The lowest BCUT2D eigenvalue weighted by molar-refractivity contribution is -0.120. The molecule has 2 N–H and O–H groups in total. The molecule has 0 unspecified atom stereocenters. The lowest BCUT2D eigenvalue weighted by atomic mass is 9.89. The van der Waals surface area contributed by atoms with Crippen LogP contribution in [0.25, 0.3) is 0 Å². The van der Waals surface area contributed by atoms with Crippen molar-refractivity contribution < 1.29 is 9.59 Å². The zero-order chi connectivity index (χ0) is 19.2. The molecule has 2 aromatic rings. The molecule has 2 amide bonds. The van der Waals surface area contributed by atoms with Gasteiger partial charge in [-0.25, -0.2) is 0 Å². The van der Waals surface area contributed by atoms with Crippen LogP contribution >= 0.6 is 23.1 Å². The van der Waals surface area contributed by atoms with Crippen molar-refractivity contribution in [3.63, 3.8) is 0 Å². The van der Waals surface area contributed by atoms with Gasteiger partial charge in [-0.15, -0.1) is 10.2 Å². The first-order valence-electron chi connectivity index (χ1n) is 9.15. The standard InChI is InChI=1S/C19H24N4O2S2/c1-12-8-13(2)10-15(9-12)20-16(24)11-26-19-23-22-18(27-19)21-17(25)14-6-4-3-5-7-14/h8-10,14H,3-7,11H2,1-2H3,(H,20,24)(H,21,22,25). The number of nitrogens with zero attached hydrogens (tertiary/aromatic N) is 2. The Kier molecular flexibility index (Phi) is 6.84. The first-order valence-corrected chi connectivity index (χ1v) is 10.9. The SMILES string of the molecule is Cc1cc(C)cc(NC(=O)CSc2nnc(NC(=O)C3CCCCC3)s2)c1. The van der Waals surface area contributed by atoms with Crippen LogP contribution in [0.5, 0.6) is 0 Å². The van der Waals surface area contributed by atoms with E-state index in [4.69, 9.17) is 0 Å².